The largest absolute Gasteiger partial charge is 0.422 e. The molecule has 2 aliphatic rings. The molecule has 0 bridgehead atoms. The lowest BCUT2D eigenvalue weighted by atomic mass is 9.95. The van der Waals surface area contributed by atoms with Crippen LogP contribution in [0.3, 0.4) is 0 Å². The summed E-state index contributed by atoms with van der Waals surface area (Å²) >= 11 is 0. The molecule has 0 saturated carbocycles. The molecule has 0 amide bonds. The van der Waals surface area contributed by atoms with Crippen LogP contribution in [0.1, 0.15) is 68.1 Å². The number of nitrogens with zero attached hydrogens (tertiary/aromatic N) is 2. The van der Waals surface area contributed by atoms with E-state index < -0.39 is 0 Å². The quantitative estimate of drug-likeness (QED) is 0.855. The Hall–Kier alpha value is -1.72. The van der Waals surface area contributed by atoms with Crippen molar-refractivity contribution < 1.29 is 13.9 Å². The van der Waals surface area contributed by atoms with E-state index >= 15 is 0 Å². The van der Waals surface area contributed by atoms with Gasteiger partial charge in [0, 0.05) is 6.61 Å². The van der Waals surface area contributed by atoms with Crippen molar-refractivity contribution in [2.24, 2.45) is 0 Å². The van der Waals surface area contributed by atoms with E-state index in [1.807, 2.05) is 18.2 Å². The normalized spacial score (nSPS) is 30.8. The van der Waals surface area contributed by atoms with Gasteiger partial charge in [0.1, 0.15) is 6.10 Å². The summed E-state index contributed by atoms with van der Waals surface area (Å²) in [5, 5.41) is 8.54. The molecule has 0 aliphatic carbocycles. The van der Waals surface area contributed by atoms with Gasteiger partial charge < -0.3 is 13.9 Å². The number of aromatic nitrogens is 2. The molecular weight excluding hydrogens is 292 g/mol. The smallest absolute Gasteiger partial charge is 0.245 e. The number of ether oxygens (including phenoxy) is 2. The second-order valence-electron chi connectivity index (χ2n) is 6.31. The molecule has 2 aliphatic heterocycles. The highest BCUT2D eigenvalue weighted by molar-refractivity contribution is 5.22. The summed E-state index contributed by atoms with van der Waals surface area (Å²) in [4.78, 5) is 0. The lowest BCUT2D eigenvalue weighted by Gasteiger charge is -2.15. The SMILES string of the molecule is CC[C@@H]1CC[C@@H](c2nnc([C@H]3CCO[C@@H]3c3ccccc3)o2)O1. The van der Waals surface area contributed by atoms with Crippen molar-refractivity contribution in [1.29, 1.82) is 0 Å². The van der Waals surface area contributed by atoms with Crippen molar-refractivity contribution >= 4 is 0 Å². The van der Waals surface area contributed by atoms with Crippen LogP contribution >= 0.6 is 0 Å². The first-order chi connectivity index (χ1) is 11.3. The first kappa shape index (κ1) is 14.8. The summed E-state index contributed by atoms with van der Waals surface area (Å²) in [6, 6.07) is 10.3. The van der Waals surface area contributed by atoms with Crippen molar-refractivity contribution in [2.45, 2.75) is 56.8 Å². The molecule has 3 heterocycles. The van der Waals surface area contributed by atoms with Gasteiger partial charge >= 0.3 is 0 Å². The summed E-state index contributed by atoms with van der Waals surface area (Å²) in [6.07, 6.45) is 4.24. The summed E-state index contributed by atoms with van der Waals surface area (Å²) in [6.45, 7) is 2.87. The van der Waals surface area contributed by atoms with Gasteiger partial charge in [0.05, 0.1) is 18.1 Å². The van der Waals surface area contributed by atoms with Gasteiger partial charge in [-0.2, -0.15) is 0 Å². The predicted molar refractivity (Wildman–Crippen MR) is 83.9 cm³/mol. The summed E-state index contributed by atoms with van der Waals surface area (Å²) in [7, 11) is 0. The second-order valence-corrected chi connectivity index (χ2v) is 6.31. The maximum atomic E-state index is 5.97. The molecule has 1 aromatic carbocycles. The van der Waals surface area contributed by atoms with Gasteiger partial charge in [-0.1, -0.05) is 37.3 Å². The van der Waals surface area contributed by atoms with E-state index in [-0.39, 0.29) is 18.1 Å². The molecule has 0 radical (unpaired) electrons. The summed E-state index contributed by atoms with van der Waals surface area (Å²) in [5.41, 5.74) is 1.16. The van der Waals surface area contributed by atoms with Crippen molar-refractivity contribution in [1.82, 2.24) is 10.2 Å². The van der Waals surface area contributed by atoms with Gasteiger partial charge in [-0.3, -0.25) is 0 Å². The number of benzene rings is 1. The molecule has 23 heavy (non-hydrogen) atoms. The van der Waals surface area contributed by atoms with Crippen molar-refractivity contribution in [3.05, 3.63) is 47.7 Å². The minimum atomic E-state index is -0.0429. The molecular formula is C18H22N2O3. The molecule has 0 unspecified atom stereocenters. The maximum Gasteiger partial charge on any atom is 0.245 e. The summed E-state index contributed by atoms with van der Waals surface area (Å²) in [5.74, 6) is 1.42. The van der Waals surface area contributed by atoms with E-state index in [4.69, 9.17) is 13.9 Å². The van der Waals surface area contributed by atoms with Crippen molar-refractivity contribution in [2.75, 3.05) is 6.61 Å². The Kier molecular flexibility index (Phi) is 4.14. The third kappa shape index (κ3) is 2.91. The molecule has 0 N–H and O–H groups in total. The van der Waals surface area contributed by atoms with E-state index in [1.54, 1.807) is 0 Å². The van der Waals surface area contributed by atoms with Crippen LogP contribution in [0.2, 0.25) is 0 Å². The predicted octanol–water partition coefficient (Wildman–Crippen LogP) is 3.94. The van der Waals surface area contributed by atoms with Gasteiger partial charge in [0.2, 0.25) is 11.8 Å². The van der Waals surface area contributed by atoms with E-state index in [0.29, 0.717) is 17.9 Å². The Morgan fingerprint density at radius 2 is 1.87 bits per heavy atom. The average Bonchev–Trinajstić information content (AvgIpc) is 3.33. The first-order valence-corrected chi connectivity index (χ1v) is 8.50. The van der Waals surface area contributed by atoms with Gasteiger partial charge in [-0.25, -0.2) is 0 Å². The lowest BCUT2D eigenvalue weighted by molar-refractivity contribution is 0.0263. The van der Waals surface area contributed by atoms with Gasteiger partial charge in [-0.15, -0.1) is 10.2 Å². The van der Waals surface area contributed by atoms with E-state index in [9.17, 15) is 0 Å². The standard InChI is InChI=1S/C18H22N2O3/c1-2-13-8-9-15(22-13)18-20-19-17(23-18)14-10-11-21-16(14)12-6-4-3-5-7-12/h3-7,13-16H,2,8-11H2,1H3/t13-,14+,15+,16-/m1/s1. The van der Waals surface area contributed by atoms with Crippen molar-refractivity contribution in [3.63, 3.8) is 0 Å². The third-order valence-corrected chi connectivity index (χ3v) is 4.83. The minimum Gasteiger partial charge on any atom is -0.422 e. The molecule has 0 spiro atoms. The van der Waals surface area contributed by atoms with Crippen LogP contribution in [0, 0.1) is 0 Å². The molecule has 4 atom stereocenters. The van der Waals surface area contributed by atoms with Gasteiger partial charge in [-0.05, 0) is 31.2 Å². The van der Waals surface area contributed by atoms with E-state index in [2.05, 4.69) is 29.3 Å². The molecule has 122 valence electrons. The topological polar surface area (TPSA) is 57.4 Å². The van der Waals surface area contributed by atoms with Crippen LogP contribution < -0.4 is 0 Å². The Balaban J connectivity index is 1.52. The Bertz CT molecular complexity index is 643. The Morgan fingerprint density at radius 1 is 1.04 bits per heavy atom. The number of rotatable bonds is 4. The lowest BCUT2D eigenvalue weighted by Crippen LogP contribution is -2.06. The molecule has 5 heteroatoms. The van der Waals surface area contributed by atoms with E-state index in [0.717, 1.165) is 37.9 Å². The minimum absolute atomic E-state index is 0.00242. The molecule has 2 fully saturated rings. The van der Waals surface area contributed by atoms with Crippen molar-refractivity contribution in [3.8, 4) is 0 Å². The molecule has 2 saturated heterocycles. The molecule has 5 nitrogen and oxygen atoms in total. The van der Waals surface area contributed by atoms with Gasteiger partial charge in [0.25, 0.3) is 0 Å². The number of hydrogen-bond acceptors (Lipinski definition) is 5. The molecule has 4 rings (SSSR count). The fourth-order valence-corrected chi connectivity index (χ4v) is 3.53. The molecule has 1 aromatic heterocycles. The monoisotopic (exact) mass is 314 g/mol. The van der Waals surface area contributed by atoms with Crippen LogP contribution in [0.5, 0.6) is 0 Å². The fraction of sp³-hybridized carbons (Fsp3) is 0.556. The van der Waals surface area contributed by atoms with Gasteiger partial charge in [0.15, 0.2) is 0 Å². The van der Waals surface area contributed by atoms with Crippen LogP contribution in [0.15, 0.2) is 34.7 Å². The zero-order valence-corrected chi connectivity index (χ0v) is 13.4. The zero-order chi connectivity index (χ0) is 15.6. The van der Waals surface area contributed by atoms with Crippen LogP contribution in [-0.2, 0) is 9.47 Å². The van der Waals surface area contributed by atoms with Crippen LogP contribution in [0.4, 0.5) is 0 Å². The number of hydrogen-bond donors (Lipinski definition) is 0. The second kappa shape index (κ2) is 6.42. The fourth-order valence-electron chi connectivity index (χ4n) is 3.53. The first-order valence-electron chi connectivity index (χ1n) is 8.50. The Morgan fingerprint density at radius 3 is 2.65 bits per heavy atom. The summed E-state index contributed by atoms with van der Waals surface area (Å²) < 4.78 is 17.8. The highest BCUT2D eigenvalue weighted by Crippen LogP contribution is 2.42. The maximum absolute atomic E-state index is 5.97. The average molecular weight is 314 g/mol. The zero-order valence-electron chi connectivity index (χ0n) is 13.4. The van der Waals surface area contributed by atoms with Crippen LogP contribution in [-0.4, -0.2) is 22.9 Å². The molecule has 2 aromatic rings. The third-order valence-electron chi connectivity index (χ3n) is 4.83. The van der Waals surface area contributed by atoms with E-state index in [1.165, 1.54) is 0 Å². The van der Waals surface area contributed by atoms with Crippen LogP contribution in [0.25, 0.3) is 0 Å². The highest BCUT2D eigenvalue weighted by Gasteiger charge is 2.36. The Labute approximate surface area is 136 Å². The highest BCUT2D eigenvalue weighted by atomic mass is 16.5.